The van der Waals surface area contributed by atoms with Crippen LogP contribution in [0.15, 0.2) is 0 Å². The minimum absolute atomic E-state index is 0.148. The summed E-state index contributed by atoms with van der Waals surface area (Å²) in [6, 6.07) is 0. The quantitative estimate of drug-likeness (QED) is 0.545. The van der Waals surface area contributed by atoms with Crippen LogP contribution < -0.4 is 5.32 Å². The molecule has 0 aromatic heterocycles. The molecule has 1 aliphatic rings. The molecule has 76 valence electrons. The average molecular weight is 188 g/mol. The van der Waals surface area contributed by atoms with Crippen molar-refractivity contribution in [2.75, 3.05) is 46.7 Å². The van der Waals surface area contributed by atoms with Gasteiger partial charge in [-0.2, -0.15) is 0 Å². The highest BCUT2D eigenvalue weighted by atomic mass is 16.5. The third-order valence-corrected chi connectivity index (χ3v) is 1.87. The summed E-state index contributed by atoms with van der Waals surface area (Å²) in [7, 11) is 1.64. The molecule has 1 rings (SSSR count). The van der Waals surface area contributed by atoms with E-state index in [-0.39, 0.29) is 5.91 Å². The number of carbonyl (C=O) groups excluding carboxylic acids is 1. The third-order valence-electron chi connectivity index (χ3n) is 1.87. The van der Waals surface area contributed by atoms with Crippen LogP contribution in [0, 0.1) is 0 Å². The Morgan fingerprint density at radius 1 is 1.46 bits per heavy atom. The van der Waals surface area contributed by atoms with E-state index in [0.29, 0.717) is 39.6 Å². The van der Waals surface area contributed by atoms with Gasteiger partial charge in [-0.1, -0.05) is 0 Å². The fraction of sp³-hybridized carbons (Fsp3) is 0.875. The molecule has 0 spiro atoms. The van der Waals surface area contributed by atoms with Gasteiger partial charge in [0.2, 0.25) is 5.91 Å². The van der Waals surface area contributed by atoms with Crippen molar-refractivity contribution in [1.29, 1.82) is 0 Å². The summed E-state index contributed by atoms with van der Waals surface area (Å²) in [4.78, 5) is 12.8. The van der Waals surface area contributed by atoms with Crippen molar-refractivity contribution in [3.8, 4) is 0 Å². The van der Waals surface area contributed by atoms with Crippen molar-refractivity contribution >= 4 is 5.91 Å². The van der Waals surface area contributed by atoms with Crippen LogP contribution in [0.4, 0.5) is 0 Å². The largest absolute Gasteiger partial charge is 0.382 e. The van der Waals surface area contributed by atoms with E-state index < -0.39 is 0 Å². The van der Waals surface area contributed by atoms with E-state index in [1.165, 1.54) is 0 Å². The predicted molar refractivity (Wildman–Crippen MR) is 47.3 cm³/mol. The lowest BCUT2D eigenvalue weighted by molar-refractivity contribution is -0.127. The van der Waals surface area contributed by atoms with Crippen LogP contribution in [-0.2, 0) is 14.3 Å². The van der Waals surface area contributed by atoms with Gasteiger partial charge in [-0.3, -0.25) is 10.1 Å². The van der Waals surface area contributed by atoms with Crippen molar-refractivity contribution in [3.63, 3.8) is 0 Å². The third kappa shape index (κ3) is 3.71. The minimum atomic E-state index is 0.148. The fourth-order valence-corrected chi connectivity index (χ4v) is 1.12. The average Bonchev–Trinajstić information content (AvgIpc) is 2.52. The van der Waals surface area contributed by atoms with Gasteiger partial charge >= 0.3 is 0 Å². The molecule has 1 fully saturated rings. The first-order chi connectivity index (χ1) is 6.34. The maximum Gasteiger partial charge on any atom is 0.237 e. The number of nitrogens with zero attached hydrogens (tertiary/aromatic N) is 1. The first-order valence-corrected chi connectivity index (χ1v) is 4.40. The Hall–Kier alpha value is -0.650. The molecule has 0 bridgehead atoms. The molecule has 1 N–H and O–H groups in total. The maximum atomic E-state index is 11.1. The van der Waals surface area contributed by atoms with Gasteiger partial charge in [-0.05, 0) is 0 Å². The molecule has 1 aliphatic heterocycles. The van der Waals surface area contributed by atoms with E-state index in [2.05, 4.69) is 5.32 Å². The second-order valence-electron chi connectivity index (χ2n) is 2.85. The van der Waals surface area contributed by atoms with Crippen molar-refractivity contribution in [3.05, 3.63) is 0 Å². The van der Waals surface area contributed by atoms with Crippen LogP contribution >= 0.6 is 0 Å². The van der Waals surface area contributed by atoms with Gasteiger partial charge in [0.25, 0.3) is 0 Å². The number of ether oxygens (including phenoxy) is 2. The topological polar surface area (TPSA) is 50.8 Å². The zero-order chi connectivity index (χ0) is 9.52. The first-order valence-electron chi connectivity index (χ1n) is 4.40. The van der Waals surface area contributed by atoms with Gasteiger partial charge < -0.3 is 14.4 Å². The molecule has 0 radical (unpaired) electrons. The maximum absolute atomic E-state index is 11.1. The summed E-state index contributed by atoms with van der Waals surface area (Å²) < 4.78 is 10.1. The molecular weight excluding hydrogens is 172 g/mol. The lowest BCUT2D eigenvalue weighted by Crippen LogP contribution is -2.30. The number of methoxy groups -OCH3 is 1. The summed E-state index contributed by atoms with van der Waals surface area (Å²) in [5.41, 5.74) is 0. The second-order valence-corrected chi connectivity index (χ2v) is 2.85. The van der Waals surface area contributed by atoms with Gasteiger partial charge in [0.15, 0.2) is 0 Å². The van der Waals surface area contributed by atoms with Crippen LogP contribution in [0.5, 0.6) is 0 Å². The lowest BCUT2D eigenvalue weighted by atomic mass is 10.5. The van der Waals surface area contributed by atoms with Crippen LogP contribution in [0.2, 0.25) is 0 Å². The van der Waals surface area contributed by atoms with Crippen LogP contribution in [0.1, 0.15) is 0 Å². The summed E-state index contributed by atoms with van der Waals surface area (Å²) >= 11 is 0. The normalized spacial score (nSPS) is 17.0. The van der Waals surface area contributed by atoms with Crippen molar-refractivity contribution < 1.29 is 14.3 Å². The number of nitrogens with one attached hydrogen (secondary N) is 1. The molecule has 0 saturated carbocycles. The predicted octanol–water partition coefficient (Wildman–Crippen LogP) is -0.961. The van der Waals surface area contributed by atoms with Crippen molar-refractivity contribution in [2.45, 2.75) is 0 Å². The summed E-state index contributed by atoms with van der Waals surface area (Å²) in [5.74, 6) is 0.148. The summed E-state index contributed by atoms with van der Waals surface area (Å²) in [6.45, 7) is 3.54. The van der Waals surface area contributed by atoms with E-state index in [1.807, 2.05) is 0 Å². The van der Waals surface area contributed by atoms with E-state index in [4.69, 9.17) is 9.47 Å². The SMILES string of the molecule is COCCOCCN1CNCC1=O. The Bertz CT molecular complexity index is 163. The van der Waals surface area contributed by atoms with Crippen LogP contribution in [-0.4, -0.2) is 57.5 Å². The number of carbonyl (C=O) groups is 1. The molecule has 0 aliphatic carbocycles. The zero-order valence-corrected chi connectivity index (χ0v) is 7.91. The van der Waals surface area contributed by atoms with Crippen LogP contribution in [0.3, 0.4) is 0 Å². The molecule has 0 aromatic rings. The molecule has 0 atom stereocenters. The Morgan fingerprint density at radius 2 is 2.31 bits per heavy atom. The summed E-state index contributed by atoms with van der Waals surface area (Å²) in [6.07, 6.45) is 0. The highest BCUT2D eigenvalue weighted by Crippen LogP contribution is 1.93. The van der Waals surface area contributed by atoms with Gasteiger partial charge in [0.05, 0.1) is 33.0 Å². The van der Waals surface area contributed by atoms with E-state index in [0.717, 1.165) is 0 Å². The van der Waals surface area contributed by atoms with E-state index >= 15 is 0 Å². The Kier molecular flexibility index (Phi) is 4.74. The molecule has 5 heteroatoms. The Morgan fingerprint density at radius 3 is 2.92 bits per heavy atom. The Balaban J connectivity index is 1.96. The monoisotopic (exact) mass is 188 g/mol. The van der Waals surface area contributed by atoms with Gasteiger partial charge in [0, 0.05) is 13.7 Å². The molecule has 0 aromatic carbocycles. The van der Waals surface area contributed by atoms with Crippen molar-refractivity contribution in [1.82, 2.24) is 10.2 Å². The van der Waals surface area contributed by atoms with Gasteiger partial charge in [-0.25, -0.2) is 0 Å². The van der Waals surface area contributed by atoms with Gasteiger partial charge in [-0.15, -0.1) is 0 Å². The number of hydrogen-bond donors (Lipinski definition) is 1. The first kappa shape index (κ1) is 10.4. The smallest absolute Gasteiger partial charge is 0.237 e. The van der Waals surface area contributed by atoms with Crippen molar-refractivity contribution in [2.24, 2.45) is 0 Å². The molecular formula is C8H16N2O3. The number of rotatable bonds is 6. The zero-order valence-electron chi connectivity index (χ0n) is 7.91. The lowest BCUT2D eigenvalue weighted by Gasteiger charge is -2.13. The second kappa shape index (κ2) is 5.90. The van der Waals surface area contributed by atoms with E-state index in [1.54, 1.807) is 12.0 Å². The number of hydrogen-bond acceptors (Lipinski definition) is 4. The Labute approximate surface area is 78.0 Å². The molecule has 1 heterocycles. The molecule has 13 heavy (non-hydrogen) atoms. The molecule has 1 saturated heterocycles. The van der Waals surface area contributed by atoms with Crippen LogP contribution in [0.25, 0.3) is 0 Å². The number of amides is 1. The summed E-state index contributed by atoms with van der Waals surface area (Å²) in [5, 5.41) is 2.97. The highest BCUT2D eigenvalue weighted by Gasteiger charge is 2.18. The minimum Gasteiger partial charge on any atom is -0.382 e. The fourth-order valence-electron chi connectivity index (χ4n) is 1.12. The molecule has 1 amide bonds. The molecule has 0 unspecified atom stereocenters. The highest BCUT2D eigenvalue weighted by molar-refractivity contribution is 5.79. The molecule has 5 nitrogen and oxygen atoms in total. The van der Waals surface area contributed by atoms with E-state index in [9.17, 15) is 4.79 Å². The standard InChI is InChI=1S/C8H16N2O3/c1-12-4-5-13-3-2-10-7-9-6-8(10)11/h9H,2-7H2,1H3. The van der Waals surface area contributed by atoms with Gasteiger partial charge in [0.1, 0.15) is 0 Å².